The van der Waals surface area contributed by atoms with Gasteiger partial charge in [0.05, 0.1) is 25.6 Å². The van der Waals surface area contributed by atoms with E-state index in [0.29, 0.717) is 16.3 Å². The molecule has 1 aliphatic heterocycles. The van der Waals surface area contributed by atoms with E-state index < -0.39 is 0 Å². The highest BCUT2D eigenvalue weighted by atomic mass is 35.5. The van der Waals surface area contributed by atoms with Crippen LogP contribution in [0.3, 0.4) is 0 Å². The first-order chi connectivity index (χ1) is 14.6. The van der Waals surface area contributed by atoms with E-state index in [-0.39, 0.29) is 5.91 Å². The van der Waals surface area contributed by atoms with Crippen LogP contribution in [-0.2, 0) is 4.79 Å². The molecule has 3 aromatic rings. The lowest BCUT2D eigenvalue weighted by Crippen LogP contribution is -2.24. The van der Waals surface area contributed by atoms with Gasteiger partial charge in [-0.15, -0.1) is 0 Å². The molecule has 0 saturated heterocycles. The second kappa shape index (κ2) is 8.47. The van der Waals surface area contributed by atoms with Crippen molar-refractivity contribution >= 4 is 35.0 Å². The summed E-state index contributed by atoms with van der Waals surface area (Å²) in [6.45, 7) is 0. The average molecular weight is 418 g/mol. The fourth-order valence-corrected chi connectivity index (χ4v) is 3.46. The van der Waals surface area contributed by atoms with Crippen molar-refractivity contribution in [2.45, 2.75) is 0 Å². The minimum Gasteiger partial charge on any atom is -0.497 e. The van der Waals surface area contributed by atoms with Crippen LogP contribution >= 0.6 is 11.6 Å². The van der Waals surface area contributed by atoms with E-state index in [1.807, 2.05) is 84.9 Å². The summed E-state index contributed by atoms with van der Waals surface area (Å²) in [6, 6.07) is 22.5. The van der Waals surface area contributed by atoms with Crippen molar-refractivity contribution in [3.63, 3.8) is 0 Å². The maximum atomic E-state index is 13.4. The summed E-state index contributed by atoms with van der Waals surface area (Å²) in [5.74, 6) is 1.35. The monoisotopic (exact) mass is 417 g/mol. The predicted octanol–water partition coefficient (Wildman–Crippen LogP) is 5.83. The van der Waals surface area contributed by atoms with Crippen molar-refractivity contribution in [1.29, 1.82) is 0 Å². The second-order valence-corrected chi connectivity index (χ2v) is 7.19. The molecule has 0 aromatic heterocycles. The largest absolute Gasteiger partial charge is 0.497 e. The van der Waals surface area contributed by atoms with Gasteiger partial charge >= 0.3 is 0 Å². The summed E-state index contributed by atoms with van der Waals surface area (Å²) < 4.78 is 10.6. The molecule has 0 atom stereocenters. The van der Waals surface area contributed by atoms with E-state index in [4.69, 9.17) is 21.1 Å². The number of hydrogen-bond acceptors (Lipinski definition) is 3. The molecule has 4 rings (SSSR count). The van der Waals surface area contributed by atoms with Gasteiger partial charge in [0.2, 0.25) is 0 Å². The Bertz CT molecular complexity index is 1130. The lowest BCUT2D eigenvalue weighted by molar-refractivity contribution is -0.113. The van der Waals surface area contributed by atoms with Gasteiger partial charge in [0.1, 0.15) is 11.5 Å². The summed E-state index contributed by atoms with van der Waals surface area (Å²) in [7, 11) is 3.23. The van der Waals surface area contributed by atoms with Crippen LogP contribution in [0.15, 0.2) is 84.4 Å². The molecule has 0 fully saturated rings. The Labute approximate surface area is 180 Å². The molecular formula is C25H20ClNO3. The molecule has 0 radical (unpaired) electrons. The van der Waals surface area contributed by atoms with Gasteiger partial charge in [-0.1, -0.05) is 41.9 Å². The van der Waals surface area contributed by atoms with Gasteiger partial charge < -0.3 is 9.47 Å². The third kappa shape index (κ3) is 3.95. The van der Waals surface area contributed by atoms with Gasteiger partial charge in [-0.3, -0.25) is 9.69 Å². The number of amides is 1. The highest BCUT2D eigenvalue weighted by Gasteiger charge is 2.30. The summed E-state index contributed by atoms with van der Waals surface area (Å²) in [5.41, 5.74) is 3.92. The number of nitrogens with zero attached hydrogens (tertiary/aromatic N) is 1. The van der Waals surface area contributed by atoms with E-state index in [1.54, 1.807) is 19.1 Å². The van der Waals surface area contributed by atoms with Crippen molar-refractivity contribution in [2.24, 2.45) is 0 Å². The zero-order valence-electron chi connectivity index (χ0n) is 16.6. The highest BCUT2D eigenvalue weighted by molar-refractivity contribution is 6.30. The fraction of sp³-hybridized carbons (Fsp3) is 0.0800. The molecule has 1 amide bonds. The Morgan fingerprint density at radius 2 is 1.57 bits per heavy atom. The van der Waals surface area contributed by atoms with E-state index in [9.17, 15) is 4.79 Å². The van der Waals surface area contributed by atoms with Crippen molar-refractivity contribution in [3.05, 3.63) is 101 Å². The molecule has 30 heavy (non-hydrogen) atoms. The predicted molar refractivity (Wildman–Crippen MR) is 121 cm³/mol. The number of halogens is 1. The van der Waals surface area contributed by atoms with Crippen LogP contribution in [0.25, 0.3) is 11.8 Å². The molecular weight excluding hydrogens is 398 g/mol. The minimum atomic E-state index is -0.107. The molecule has 5 heteroatoms. The quantitative estimate of drug-likeness (QED) is 0.490. The van der Waals surface area contributed by atoms with E-state index in [2.05, 4.69) is 0 Å². The maximum absolute atomic E-state index is 13.4. The third-order valence-electron chi connectivity index (χ3n) is 4.87. The van der Waals surface area contributed by atoms with E-state index in [0.717, 1.165) is 28.3 Å². The lowest BCUT2D eigenvalue weighted by atomic mass is 10.1. The number of hydrogen-bond donors (Lipinski definition) is 0. The SMILES string of the molecule is COc1ccc(/C=C2/C=C(c3ccc(Cl)cc3)N(c3cccc(OC)c3)C2=O)cc1. The highest BCUT2D eigenvalue weighted by Crippen LogP contribution is 2.36. The van der Waals surface area contributed by atoms with Crippen LogP contribution in [-0.4, -0.2) is 20.1 Å². The number of anilines is 1. The number of ether oxygens (including phenoxy) is 2. The molecule has 150 valence electrons. The van der Waals surface area contributed by atoms with Gasteiger partial charge in [0, 0.05) is 16.7 Å². The zero-order valence-corrected chi connectivity index (χ0v) is 17.4. The third-order valence-corrected chi connectivity index (χ3v) is 5.12. The van der Waals surface area contributed by atoms with Crippen LogP contribution in [0.4, 0.5) is 5.69 Å². The van der Waals surface area contributed by atoms with Gasteiger partial charge in [-0.25, -0.2) is 0 Å². The number of rotatable bonds is 5. The number of methoxy groups -OCH3 is 2. The Hall–Kier alpha value is -3.50. The van der Waals surface area contributed by atoms with Crippen molar-refractivity contribution in [2.75, 3.05) is 19.1 Å². The molecule has 0 spiro atoms. The first-order valence-electron chi connectivity index (χ1n) is 9.41. The second-order valence-electron chi connectivity index (χ2n) is 6.75. The molecule has 4 nitrogen and oxygen atoms in total. The number of benzene rings is 3. The van der Waals surface area contributed by atoms with Crippen LogP contribution in [0.2, 0.25) is 5.02 Å². The maximum Gasteiger partial charge on any atom is 0.262 e. The molecule has 0 saturated carbocycles. The Kier molecular flexibility index (Phi) is 5.59. The average Bonchev–Trinajstić information content (AvgIpc) is 3.10. The molecule has 1 heterocycles. The van der Waals surface area contributed by atoms with Crippen molar-refractivity contribution in [1.82, 2.24) is 0 Å². The Balaban J connectivity index is 1.79. The first-order valence-corrected chi connectivity index (χ1v) is 9.79. The van der Waals surface area contributed by atoms with E-state index in [1.165, 1.54) is 0 Å². The normalized spacial score (nSPS) is 14.8. The topological polar surface area (TPSA) is 38.8 Å². The van der Waals surface area contributed by atoms with Crippen LogP contribution in [0.5, 0.6) is 11.5 Å². The molecule has 0 bridgehead atoms. The van der Waals surface area contributed by atoms with Gasteiger partial charge in [-0.05, 0) is 59.7 Å². The molecule has 3 aromatic carbocycles. The van der Waals surface area contributed by atoms with E-state index >= 15 is 0 Å². The molecule has 1 aliphatic rings. The fourth-order valence-electron chi connectivity index (χ4n) is 3.33. The van der Waals surface area contributed by atoms with Gasteiger partial charge in [0.15, 0.2) is 0 Å². The van der Waals surface area contributed by atoms with Crippen molar-refractivity contribution in [3.8, 4) is 11.5 Å². The molecule has 0 unspecified atom stereocenters. The van der Waals surface area contributed by atoms with Crippen molar-refractivity contribution < 1.29 is 14.3 Å². The smallest absolute Gasteiger partial charge is 0.262 e. The summed E-state index contributed by atoms with van der Waals surface area (Å²) in [4.78, 5) is 15.1. The summed E-state index contributed by atoms with van der Waals surface area (Å²) in [6.07, 6.45) is 3.77. The number of carbonyl (C=O) groups excluding carboxylic acids is 1. The van der Waals surface area contributed by atoms with Crippen LogP contribution < -0.4 is 14.4 Å². The number of carbonyl (C=O) groups is 1. The zero-order chi connectivity index (χ0) is 21.1. The van der Waals surface area contributed by atoms with Gasteiger partial charge in [0.25, 0.3) is 5.91 Å². The van der Waals surface area contributed by atoms with Gasteiger partial charge in [-0.2, -0.15) is 0 Å². The summed E-state index contributed by atoms with van der Waals surface area (Å²) in [5, 5.41) is 0.644. The Morgan fingerprint density at radius 3 is 2.23 bits per heavy atom. The Morgan fingerprint density at radius 1 is 0.867 bits per heavy atom. The molecule has 0 N–H and O–H groups in total. The lowest BCUT2D eigenvalue weighted by Gasteiger charge is -2.21. The minimum absolute atomic E-state index is 0.107. The van der Waals surface area contributed by atoms with Crippen LogP contribution in [0, 0.1) is 0 Å². The standard InChI is InChI=1S/C25H20ClNO3/c1-29-22-12-6-17(7-13-22)14-19-15-24(18-8-10-20(26)11-9-18)27(25(19)28)21-4-3-5-23(16-21)30-2/h3-16H,1-2H3/b19-14-. The van der Waals surface area contributed by atoms with Crippen LogP contribution in [0.1, 0.15) is 11.1 Å². The summed E-state index contributed by atoms with van der Waals surface area (Å²) >= 11 is 6.06. The molecule has 0 aliphatic carbocycles. The first kappa shape index (κ1) is 19.8.